The molecule has 4 rings (SSSR count). The summed E-state index contributed by atoms with van der Waals surface area (Å²) in [6.07, 6.45) is 0. The molecule has 0 fully saturated rings. The molecule has 0 unspecified atom stereocenters. The third-order valence-corrected chi connectivity index (χ3v) is 7.24. The van der Waals surface area contributed by atoms with Crippen molar-refractivity contribution in [3.63, 3.8) is 0 Å². The van der Waals surface area contributed by atoms with Gasteiger partial charge in [0.05, 0.1) is 10.4 Å². The number of benzene rings is 3. The van der Waals surface area contributed by atoms with E-state index in [1.807, 2.05) is 29.7 Å². The molecule has 4 aromatic rings. The van der Waals surface area contributed by atoms with E-state index in [2.05, 4.69) is 37.6 Å². The molecule has 3 aromatic carbocycles. The number of anilines is 1. The van der Waals surface area contributed by atoms with Crippen LogP contribution in [0.25, 0.3) is 10.9 Å². The molecule has 6 nitrogen and oxygen atoms in total. The largest absolute Gasteiger partial charge is 0.399 e. The summed E-state index contributed by atoms with van der Waals surface area (Å²) in [7, 11) is -4.08. The highest BCUT2D eigenvalue weighted by atomic mass is 32.2. The van der Waals surface area contributed by atoms with Gasteiger partial charge in [0.2, 0.25) is 0 Å². The van der Waals surface area contributed by atoms with Crippen molar-refractivity contribution in [3.8, 4) is 0 Å². The van der Waals surface area contributed by atoms with E-state index in [1.54, 1.807) is 12.1 Å². The average molecular weight is 462 g/mol. The number of amides is 1. The Morgan fingerprint density at radius 1 is 0.909 bits per heavy atom. The van der Waals surface area contributed by atoms with Crippen LogP contribution in [0.15, 0.2) is 65.6 Å². The molecule has 1 heterocycles. The molecule has 0 saturated carbocycles. The van der Waals surface area contributed by atoms with Gasteiger partial charge in [-0.2, -0.15) is 0 Å². The van der Waals surface area contributed by atoms with Gasteiger partial charge in [0.15, 0.2) is 0 Å². The summed E-state index contributed by atoms with van der Waals surface area (Å²) in [6, 6.07) is 17.7. The van der Waals surface area contributed by atoms with E-state index in [4.69, 9.17) is 5.73 Å². The molecule has 170 valence electrons. The first kappa shape index (κ1) is 22.6. The SMILES string of the molecule is Cc1cc(C)c(Cn2c(C(=O)NS(=O)(=O)c3cccc(N)c3)cc3cccc(C)c32)c(C)c1. The van der Waals surface area contributed by atoms with Crippen LogP contribution in [0, 0.1) is 27.7 Å². The van der Waals surface area contributed by atoms with Gasteiger partial charge >= 0.3 is 0 Å². The minimum atomic E-state index is -4.08. The Labute approximate surface area is 194 Å². The minimum Gasteiger partial charge on any atom is -0.399 e. The molecule has 7 heteroatoms. The number of nitrogens with one attached hydrogen (secondary N) is 1. The van der Waals surface area contributed by atoms with Crippen molar-refractivity contribution in [1.29, 1.82) is 0 Å². The quantitative estimate of drug-likeness (QED) is 0.424. The molecule has 1 amide bonds. The van der Waals surface area contributed by atoms with Gasteiger partial charge in [-0.1, -0.05) is 42.0 Å². The molecular weight excluding hydrogens is 434 g/mol. The van der Waals surface area contributed by atoms with E-state index in [0.717, 1.165) is 33.2 Å². The first-order valence-corrected chi connectivity index (χ1v) is 12.1. The van der Waals surface area contributed by atoms with E-state index in [0.29, 0.717) is 12.2 Å². The van der Waals surface area contributed by atoms with Crippen molar-refractivity contribution >= 4 is 32.5 Å². The summed E-state index contributed by atoms with van der Waals surface area (Å²) < 4.78 is 29.9. The van der Waals surface area contributed by atoms with Gasteiger partial charge in [-0.25, -0.2) is 13.1 Å². The van der Waals surface area contributed by atoms with Crippen LogP contribution in [0.5, 0.6) is 0 Å². The van der Waals surface area contributed by atoms with E-state index in [9.17, 15) is 13.2 Å². The lowest BCUT2D eigenvalue weighted by Crippen LogP contribution is -2.32. The Balaban J connectivity index is 1.81. The average Bonchev–Trinajstić information content (AvgIpc) is 3.10. The molecular formula is C26H27N3O3S. The zero-order valence-corrected chi connectivity index (χ0v) is 20.0. The number of aromatic nitrogens is 1. The maximum Gasteiger partial charge on any atom is 0.281 e. The number of hydrogen-bond acceptors (Lipinski definition) is 4. The first-order chi connectivity index (χ1) is 15.6. The summed E-state index contributed by atoms with van der Waals surface area (Å²) in [4.78, 5) is 13.2. The van der Waals surface area contributed by atoms with Crippen LogP contribution >= 0.6 is 0 Å². The molecule has 0 saturated heterocycles. The highest BCUT2D eigenvalue weighted by Gasteiger charge is 2.24. The van der Waals surface area contributed by atoms with Gasteiger partial charge < -0.3 is 10.3 Å². The Hall–Kier alpha value is -3.58. The smallest absolute Gasteiger partial charge is 0.281 e. The second kappa shape index (κ2) is 8.41. The van der Waals surface area contributed by atoms with Crippen molar-refractivity contribution in [2.45, 2.75) is 39.1 Å². The Kier molecular flexibility index (Phi) is 5.76. The number of sulfonamides is 1. The molecule has 1 aromatic heterocycles. The molecule has 0 atom stereocenters. The van der Waals surface area contributed by atoms with Crippen molar-refractivity contribution in [2.75, 3.05) is 5.73 Å². The number of rotatable bonds is 5. The van der Waals surface area contributed by atoms with Crippen molar-refractivity contribution in [1.82, 2.24) is 9.29 Å². The van der Waals surface area contributed by atoms with Crippen LogP contribution in [-0.2, 0) is 16.6 Å². The van der Waals surface area contributed by atoms with Crippen LogP contribution in [-0.4, -0.2) is 18.9 Å². The summed E-state index contributed by atoms with van der Waals surface area (Å²) in [5.74, 6) is -0.685. The molecule has 0 aliphatic carbocycles. The number of hydrogen-bond donors (Lipinski definition) is 2. The van der Waals surface area contributed by atoms with Gasteiger partial charge in [-0.3, -0.25) is 4.79 Å². The lowest BCUT2D eigenvalue weighted by Gasteiger charge is -2.17. The first-order valence-electron chi connectivity index (χ1n) is 10.6. The number of fused-ring (bicyclic) bond motifs is 1. The third kappa shape index (κ3) is 4.36. The second-order valence-corrected chi connectivity index (χ2v) is 10.2. The number of aryl methyl sites for hydroxylation is 4. The number of nitrogens with zero attached hydrogens (tertiary/aromatic N) is 1. The monoisotopic (exact) mass is 461 g/mol. The predicted octanol–water partition coefficient (Wildman–Crippen LogP) is 4.62. The standard InChI is InChI=1S/C26H27N3O3S/c1-16-11-18(3)23(19(4)12-16)15-29-24(13-20-8-5-7-17(2)25(20)29)26(30)28-33(31,32)22-10-6-9-21(27)14-22/h5-14H,15,27H2,1-4H3,(H,28,30). The predicted molar refractivity (Wildman–Crippen MR) is 132 cm³/mol. The molecule has 3 N–H and O–H groups in total. The number of nitrogens with two attached hydrogens (primary N) is 1. The second-order valence-electron chi connectivity index (χ2n) is 8.51. The van der Waals surface area contributed by atoms with Gasteiger partial charge in [0.25, 0.3) is 15.9 Å². The Morgan fingerprint density at radius 3 is 2.24 bits per heavy atom. The normalized spacial score (nSPS) is 11.6. The molecule has 0 aliphatic rings. The molecule has 33 heavy (non-hydrogen) atoms. The summed E-state index contributed by atoms with van der Waals surface area (Å²) in [5, 5.41) is 0.879. The molecule has 0 bridgehead atoms. The van der Waals surface area contributed by atoms with Crippen LogP contribution in [0.2, 0.25) is 0 Å². The Bertz CT molecular complexity index is 1480. The zero-order chi connectivity index (χ0) is 23.9. The molecule has 0 spiro atoms. The van der Waals surface area contributed by atoms with Crippen LogP contribution in [0.4, 0.5) is 5.69 Å². The zero-order valence-electron chi connectivity index (χ0n) is 19.1. The van der Waals surface area contributed by atoms with E-state index in [1.165, 1.54) is 23.8 Å². The van der Waals surface area contributed by atoms with Crippen molar-refractivity contribution in [2.24, 2.45) is 0 Å². The fourth-order valence-electron chi connectivity index (χ4n) is 4.40. The number of nitrogen functional groups attached to an aromatic ring is 1. The van der Waals surface area contributed by atoms with E-state index in [-0.39, 0.29) is 10.6 Å². The van der Waals surface area contributed by atoms with E-state index >= 15 is 0 Å². The Morgan fingerprint density at radius 2 is 1.58 bits per heavy atom. The maximum atomic E-state index is 13.3. The lowest BCUT2D eigenvalue weighted by atomic mass is 9.99. The van der Waals surface area contributed by atoms with Crippen LogP contribution in [0.3, 0.4) is 0 Å². The topological polar surface area (TPSA) is 94.2 Å². The molecule has 0 radical (unpaired) electrons. The van der Waals surface area contributed by atoms with Crippen molar-refractivity contribution in [3.05, 3.63) is 94.2 Å². The number of para-hydroxylation sites is 1. The van der Waals surface area contributed by atoms with Crippen LogP contribution in [0.1, 0.15) is 38.3 Å². The fourth-order valence-corrected chi connectivity index (χ4v) is 5.41. The van der Waals surface area contributed by atoms with Gasteiger partial charge in [0.1, 0.15) is 5.69 Å². The minimum absolute atomic E-state index is 0.0556. The summed E-state index contributed by atoms with van der Waals surface area (Å²) >= 11 is 0. The number of carbonyl (C=O) groups is 1. The van der Waals surface area contributed by atoms with E-state index < -0.39 is 15.9 Å². The van der Waals surface area contributed by atoms with Gasteiger partial charge in [-0.15, -0.1) is 0 Å². The summed E-state index contributed by atoms with van der Waals surface area (Å²) in [5.41, 5.74) is 12.8. The van der Waals surface area contributed by atoms with Gasteiger partial charge in [-0.05, 0) is 74.2 Å². The van der Waals surface area contributed by atoms with Gasteiger partial charge in [0, 0.05) is 17.6 Å². The fraction of sp³-hybridized carbons (Fsp3) is 0.192. The number of carbonyl (C=O) groups excluding carboxylic acids is 1. The highest BCUT2D eigenvalue weighted by molar-refractivity contribution is 7.90. The third-order valence-electron chi connectivity index (χ3n) is 5.91. The van der Waals surface area contributed by atoms with Crippen molar-refractivity contribution < 1.29 is 13.2 Å². The van der Waals surface area contributed by atoms with Crippen LogP contribution < -0.4 is 10.5 Å². The highest BCUT2D eigenvalue weighted by Crippen LogP contribution is 2.27. The molecule has 0 aliphatic heterocycles. The summed E-state index contributed by atoms with van der Waals surface area (Å²) in [6.45, 7) is 8.60. The maximum absolute atomic E-state index is 13.3. The lowest BCUT2D eigenvalue weighted by molar-refractivity contribution is 0.0973.